The first kappa shape index (κ1) is 15.5. The van der Waals surface area contributed by atoms with Gasteiger partial charge in [-0.25, -0.2) is 9.97 Å². The number of hydrogen-bond acceptors (Lipinski definition) is 3. The first-order chi connectivity index (χ1) is 10.1. The van der Waals surface area contributed by atoms with E-state index in [1.807, 2.05) is 6.07 Å². The van der Waals surface area contributed by atoms with Crippen LogP contribution >= 0.6 is 0 Å². The summed E-state index contributed by atoms with van der Waals surface area (Å²) >= 11 is 0. The predicted octanol–water partition coefficient (Wildman–Crippen LogP) is 4.47. The molecule has 0 unspecified atom stereocenters. The fourth-order valence-electron chi connectivity index (χ4n) is 2.31. The van der Waals surface area contributed by atoms with Crippen LogP contribution in [-0.4, -0.2) is 16.5 Å². The monoisotopic (exact) mass is 283 g/mol. The maximum Gasteiger partial charge on any atom is 0.133 e. The molecular formula is C18H25N3. The average molecular weight is 283 g/mol. The van der Waals surface area contributed by atoms with Gasteiger partial charge >= 0.3 is 0 Å². The molecule has 0 spiro atoms. The molecule has 0 bridgehead atoms. The minimum atomic E-state index is 0.551. The van der Waals surface area contributed by atoms with Gasteiger partial charge in [-0.1, -0.05) is 51.1 Å². The molecule has 0 saturated carbocycles. The van der Waals surface area contributed by atoms with E-state index in [-0.39, 0.29) is 0 Å². The Labute approximate surface area is 127 Å². The van der Waals surface area contributed by atoms with E-state index in [9.17, 15) is 0 Å². The third-order valence-electron chi connectivity index (χ3n) is 3.37. The fraction of sp³-hybridized carbons (Fsp3) is 0.444. The predicted molar refractivity (Wildman–Crippen MR) is 89.5 cm³/mol. The second-order valence-corrected chi connectivity index (χ2v) is 5.85. The molecule has 3 nitrogen and oxygen atoms in total. The molecule has 0 aliphatic heterocycles. The summed E-state index contributed by atoms with van der Waals surface area (Å²) in [6.07, 6.45) is 1.99. The lowest BCUT2D eigenvalue weighted by atomic mass is 10.1. The van der Waals surface area contributed by atoms with Gasteiger partial charge in [0.15, 0.2) is 0 Å². The molecule has 0 amide bonds. The normalized spacial score (nSPS) is 10.9. The van der Waals surface area contributed by atoms with Gasteiger partial charge in [-0.2, -0.15) is 0 Å². The summed E-state index contributed by atoms with van der Waals surface area (Å²) in [6, 6.07) is 10.4. The van der Waals surface area contributed by atoms with Crippen LogP contribution in [0, 0.1) is 12.8 Å². The SMILES string of the molecule is CCCNc1nc(CC(C)C)nc(-c2ccccc2)c1C. The lowest BCUT2D eigenvalue weighted by Crippen LogP contribution is -2.10. The van der Waals surface area contributed by atoms with Crippen LogP contribution in [0.25, 0.3) is 11.3 Å². The summed E-state index contributed by atoms with van der Waals surface area (Å²) < 4.78 is 0. The van der Waals surface area contributed by atoms with Crippen molar-refractivity contribution in [1.29, 1.82) is 0 Å². The molecule has 0 aliphatic rings. The zero-order chi connectivity index (χ0) is 15.2. The Morgan fingerprint density at radius 1 is 1.10 bits per heavy atom. The van der Waals surface area contributed by atoms with Crippen LogP contribution in [-0.2, 0) is 6.42 Å². The van der Waals surface area contributed by atoms with Gasteiger partial charge in [-0.15, -0.1) is 0 Å². The molecule has 0 aliphatic carbocycles. The lowest BCUT2D eigenvalue weighted by molar-refractivity contribution is 0.621. The van der Waals surface area contributed by atoms with Crippen molar-refractivity contribution in [3.05, 3.63) is 41.7 Å². The van der Waals surface area contributed by atoms with Crippen LogP contribution in [0.15, 0.2) is 30.3 Å². The van der Waals surface area contributed by atoms with Crippen LogP contribution in [0.1, 0.15) is 38.6 Å². The Morgan fingerprint density at radius 3 is 2.43 bits per heavy atom. The Kier molecular flexibility index (Phi) is 5.32. The molecule has 3 heteroatoms. The largest absolute Gasteiger partial charge is 0.370 e. The highest BCUT2D eigenvalue weighted by atomic mass is 15.0. The molecule has 21 heavy (non-hydrogen) atoms. The maximum atomic E-state index is 4.80. The molecule has 2 aromatic rings. The maximum absolute atomic E-state index is 4.80. The molecule has 1 aromatic heterocycles. The van der Waals surface area contributed by atoms with Crippen LogP contribution in [0.5, 0.6) is 0 Å². The highest BCUT2D eigenvalue weighted by Crippen LogP contribution is 2.26. The fourth-order valence-corrected chi connectivity index (χ4v) is 2.31. The van der Waals surface area contributed by atoms with E-state index < -0.39 is 0 Å². The topological polar surface area (TPSA) is 37.8 Å². The van der Waals surface area contributed by atoms with Crippen LogP contribution in [0.2, 0.25) is 0 Å². The summed E-state index contributed by atoms with van der Waals surface area (Å²) in [4.78, 5) is 9.51. The number of nitrogens with zero attached hydrogens (tertiary/aromatic N) is 2. The van der Waals surface area contributed by atoms with Gasteiger partial charge in [-0.3, -0.25) is 0 Å². The molecule has 1 heterocycles. The zero-order valence-corrected chi connectivity index (χ0v) is 13.5. The highest BCUT2D eigenvalue weighted by Gasteiger charge is 2.13. The van der Waals surface area contributed by atoms with Crippen molar-refractivity contribution in [1.82, 2.24) is 9.97 Å². The summed E-state index contributed by atoms with van der Waals surface area (Å²) in [6.45, 7) is 9.60. The number of benzene rings is 1. The zero-order valence-electron chi connectivity index (χ0n) is 13.5. The third kappa shape index (κ3) is 4.03. The van der Waals surface area contributed by atoms with E-state index in [0.717, 1.165) is 47.8 Å². The van der Waals surface area contributed by atoms with E-state index >= 15 is 0 Å². The second kappa shape index (κ2) is 7.21. The van der Waals surface area contributed by atoms with Crippen LogP contribution in [0.4, 0.5) is 5.82 Å². The smallest absolute Gasteiger partial charge is 0.133 e. The van der Waals surface area contributed by atoms with Crippen LogP contribution < -0.4 is 5.32 Å². The first-order valence-electron chi connectivity index (χ1n) is 7.78. The molecular weight excluding hydrogens is 258 g/mol. The van der Waals surface area contributed by atoms with Gasteiger partial charge in [0.25, 0.3) is 0 Å². The number of aromatic nitrogens is 2. The van der Waals surface area contributed by atoms with Crippen molar-refractivity contribution in [3.8, 4) is 11.3 Å². The van der Waals surface area contributed by atoms with Crippen molar-refractivity contribution < 1.29 is 0 Å². The van der Waals surface area contributed by atoms with E-state index in [2.05, 4.69) is 57.3 Å². The lowest BCUT2D eigenvalue weighted by Gasteiger charge is -2.15. The quantitative estimate of drug-likeness (QED) is 0.849. The second-order valence-electron chi connectivity index (χ2n) is 5.85. The minimum Gasteiger partial charge on any atom is -0.370 e. The Hall–Kier alpha value is -1.90. The van der Waals surface area contributed by atoms with Gasteiger partial charge in [-0.05, 0) is 19.3 Å². The van der Waals surface area contributed by atoms with Crippen molar-refractivity contribution >= 4 is 5.82 Å². The molecule has 112 valence electrons. The number of nitrogens with one attached hydrogen (secondary N) is 1. The molecule has 1 N–H and O–H groups in total. The van der Waals surface area contributed by atoms with Gasteiger partial charge in [0.2, 0.25) is 0 Å². The standard InChI is InChI=1S/C18H25N3/c1-5-11-19-18-14(4)17(15-9-7-6-8-10-15)20-16(21-18)12-13(2)3/h6-10,13H,5,11-12H2,1-4H3,(H,19,20,21). The number of anilines is 1. The summed E-state index contributed by atoms with van der Waals surface area (Å²) in [5.41, 5.74) is 3.32. The molecule has 2 rings (SSSR count). The molecule has 0 fully saturated rings. The third-order valence-corrected chi connectivity index (χ3v) is 3.37. The van der Waals surface area contributed by atoms with Crippen molar-refractivity contribution in [2.24, 2.45) is 5.92 Å². The first-order valence-corrected chi connectivity index (χ1v) is 7.78. The van der Waals surface area contributed by atoms with E-state index in [4.69, 9.17) is 9.97 Å². The molecule has 0 radical (unpaired) electrons. The van der Waals surface area contributed by atoms with Crippen LogP contribution in [0.3, 0.4) is 0 Å². The average Bonchev–Trinajstić information content (AvgIpc) is 2.48. The van der Waals surface area contributed by atoms with E-state index in [1.165, 1.54) is 0 Å². The molecule has 0 atom stereocenters. The Balaban J connectivity index is 2.46. The Bertz CT molecular complexity index is 577. The van der Waals surface area contributed by atoms with Crippen molar-refractivity contribution in [2.75, 3.05) is 11.9 Å². The Morgan fingerprint density at radius 2 is 1.81 bits per heavy atom. The van der Waals surface area contributed by atoms with Gasteiger partial charge in [0.05, 0.1) is 5.69 Å². The minimum absolute atomic E-state index is 0.551. The van der Waals surface area contributed by atoms with Gasteiger partial charge < -0.3 is 5.32 Å². The summed E-state index contributed by atoms with van der Waals surface area (Å²) in [5, 5.41) is 3.44. The highest BCUT2D eigenvalue weighted by molar-refractivity contribution is 5.68. The summed E-state index contributed by atoms with van der Waals surface area (Å²) in [7, 11) is 0. The van der Waals surface area contributed by atoms with Gasteiger partial charge in [0, 0.05) is 24.1 Å². The molecule has 1 aromatic carbocycles. The van der Waals surface area contributed by atoms with Crippen molar-refractivity contribution in [3.63, 3.8) is 0 Å². The number of hydrogen-bond donors (Lipinski definition) is 1. The van der Waals surface area contributed by atoms with Crippen molar-refractivity contribution in [2.45, 2.75) is 40.5 Å². The van der Waals surface area contributed by atoms with Gasteiger partial charge in [0.1, 0.15) is 11.6 Å². The summed E-state index contributed by atoms with van der Waals surface area (Å²) in [5.74, 6) is 2.45. The molecule has 0 saturated heterocycles. The van der Waals surface area contributed by atoms with E-state index in [1.54, 1.807) is 0 Å². The number of rotatable bonds is 6. The van der Waals surface area contributed by atoms with E-state index in [0.29, 0.717) is 5.92 Å².